The summed E-state index contributed by atoms with van der Waals surface area (Å²) in [5.74, 6) is 0.208. The van der Waals surface area contributed by atoms with Crippen molar-refractivity contribution in [2.45, 2.75) is 64.6 Å². The highest BCUT2D eigenvalue weighted by Gasteiger charge is 2.35. The summed E-state index contributed by atoms with van der Waals surface area (Å²) in [5.41, 5.74) is 0. The second kappa shape index (κ2) is 9.27. The maximum atomic E-state index is 12.1. The third kappa shape index (κ3) is 5.45. The van der Waals surface area contributed by atoms with Crippen LogP contribution in [-0.4, -0.2) is 31.7 Å². The zero-order valence-corrected chi connectivity index (χ0v) is 12.6. The van der Waals surface area contributed by atoms with Gasteiger partial charge in [0, 0.05) is 13.0 Å². The Kier molecular flexibility index (Phi) is 7.99. The Morgan fingerprint density at radius 3 is 2.74 bits per heavy atom. The van der Waals surface area contributed by atoms with Gasteiger partial charge in [-0.3, -0.25) is 4.79 Å². The summed E-state index contributed by atoms with van der Waals surface area (Å²) in [6.07, 6.45) is 10.7. The molecule has 0 bridgehead atoms. The van der Waals surface area contributed by atoms with Gasteiger partial charge in [0.05, 0.1) is 6.61 Å². The topological polar surface area (TPSA) is 35.5 Å². The Morgan fingerprint density at radius 2 is 2.05 bits per heavy atom. The van der Waals surface area contributed by atoms with Crippen LogP contribution in [0.2, 0.25) is 0 Å². The molecular weight excluding hydrogens is 240 g/mol. The van der Waals surface area contributed by atoms with Gasteiger partial charge in [0.25, 0.3) is 0 Å². The van der Waals surface area contributed by atoms with E-state index in [1.54, 1.807) is 7.11 Å². The van der Waals surface area contributed by atoms with Crippen molar-refractivity contribution in [1.82, 2.24) is 0 Å². The first-order valence-electron chi connectivity index (χ1n) is 7.55. The maximum Gasteiger partial charge on any atom is 0.194 e. The van der Waals surface area contributed by atoms with Crippen LogP contribution in [0.4, 0.5) is 0 Å². The highest BCUT2D eigenvalue weighted by molar-refractivity contribution is 5.89. The minimum Gasteiger partial charge on any atom is -0.373 e. The Bertz CT molecular complexity index is 286. The number of Topliss-reactive ketones (excluding diaryl/α,β-unsaturated/α-hetero) is 1. The molecule has 3 heteroatoms. The molecule has 1 rings (SSSR count). The predicted molar refractivity (Wildman–Crippen MR) is 77.2 cm³/mol. The number of ether oxygens (including phenoxy) is 2. The van der Waals surface area contributed by atoms with Gasteiger partial charge in [-0.25, -0.2) is 0 Å². The Balaban J connectivity index is 2.26. The largest absolute Gasteiger partial charge is 0.373 e. The molecule has 0 saturated carbocycles. The third-order valence-corrected chi connectivity index (χ3v) is 3.66. The molecule has 0 aromatic heterocycles. The second-order valence-electron chi connectivity index (χ2n) is 5.42. The highest BCUT2D eigenvalue weighted by atomic mass is 16.5. The van der Waals surface area contributed by atoms with Crippen molar-refractivity contribution in [2.75, 3.05) is 13.7 Å². The number of ketones is 1. The van der Waals surface area contributed by atoms with E-state index < -0.39 is 6.10 Å². The van der Waals surface area contributed by atoms with E-state index in [0.717, 1.165) is 6.42 Å². The predicted octanol–water partition coefficient (Wildman–Crippen LogP) is 3.52. The zero-order chi connectivity index (χ0) is 14.1. The molecule has 3 atom stereocenters. The molecule has 0 radical (unpaired) electrons. The zero-order valence-electron chi connectivity index (χ0n) is 12.6. The summed E-state index contributed by atoms with van der Waals surface area (Å²) >= 11 is 0. The van der Waals surface area contributed by atoms with Gasteiger partial charge in [-0.05, 0) is 12.8 Å². The molecule has 19 heavy (non-hydrogen) atoms. The maximum absolute atomic E-state index is 12.1. The first kappa shape index (κ1) is 16.4. The van der Waals surface area contributed by atoms with Crippen LogP contribution in [0, 0.1) is 5.92 Å². The molecule has 0 N–H and O–H groups in total. The van der Waals surface area contributed by atoms with E-state index in [1.807, 2.05) is 13.0 Å². The van der Waals surface area contributed by atoms with Crippen molar-refractivity contribution < 1.29 is 14.3 Å². The molecule has 1 fully saturated rings. The Labute approximate surface area is 117 Å². The fraction of sp³-hybridized carbons (Fsp3) is 0.812. The summed E-state index contributed by atoms with van der Waals surface area (Å²) in [6, 6.07) is 0. The average Bonchev–Trinajstić information content (AvgIpc) is 2.40. The van der Waals surface area contributed by atoms with Crippen molar-refractivity contribution in [2.24, 2.45) is 5.92 Å². The number of rotatable bonds is 8. The van der Waals surface area contributed by atoms with Crippen LogP contribution >= 0.6 is 0 Å². The first-order chi connectivity index (χ1) is 9.20. The molecule has 1 aliphatic rings. The van der Waals surface area contributed by atoms with E-state index in [4.69, 9.17) is 9.47 Å². The number of methoxy groups -OCH3 is 1. The molecule has 3 nitrogen and oxygen atoms in total. The molecular formula is C16H28O3. The number of carbonyl (C=O) groups excluding carboxylic acids is 1. The molecule has 0 aromatic carbocycles. The van der Waals surface area contributed by atoms with Gasteiger partial charge in [-0.1, -0.05) is 51.7 Å². The van der Waals surface area contributed by atoms with Crippen LogP contribution in [0.1, 0.15) is 52.4 Å². The van der Waals surface area contributed by atoms with Crippen molar-refractivity contribution in [3.63, 3.8) is 0 Å². The third-order valence-electron chi connectivity index (χ3n) is 3.66. The smallest absolute Gasteiger partial charge is 0.194 e. The van der Waals surface area contributed by atoms with Gasteiger partial charge in [0.2, 0.25) is 0 Å². The number of hydrogen-bond acceptors (Lipinski definition) is 3. The summed E-state index contributed by atoms with van der Waals surface area (Å²) in [6.45, 7) is 4.80. The lowest BCUT2D eigenvalue weighted by Crippen LogP contribution is -2.45. The molecule has 1 heterocycles. The molecule has 1 saturated heterocycles. The quantitative estimate of drug-likeness (QED) is 0.499. The number of allylic oxidation sites excluding steroid dienone is 1. The number of unbranched alkanes of at least 4 members (excludes halogenated alkanes) is 5. The normalized spacial score (nSPS) is 28.2. The van der Waals surface area contributed by atoms with Crippen LogP contribution in [0.25, 0.3) is 0 Å². The minimum absolute atomic E-state index is 0.0588. The van der Waals surface area contributed by atoms with Crippen molar-refractivity contribution >= 4 is 5.78 Å². The summed E-state index contributed by atoms with van der Waals surface area (Å²) in [4.78, 5) is 12.1. The van der Waals surface area contributed by atoms with E-state index in [0.29, 0.717) is 6.61 Å². The Hall–Kier alpha value is -0.670. The van der Waals surface area contributed by atoms with Crippen LogP contribution in [-0.2, 0) is 14.3 Å². The lowest BCUT2D eigenvalue weighted by molar-refractivity contribution is -0.152. The van der Waals surface area contributed by atoms with Gasteiger partial charge in [-0.15, -0.1) is 0 Å². The van der Waals surface area contributed by atoms with Crippen LogP contribution < -0.4 is 0 Å². The molecule has 1 aliphatic heterocycles. The number of hydrogen-bond donors (Lipinski definition) is 0. The highest BCUT2D eigenvalue weighted by Crippen LogP contribution is 2.19. The van der Waals surface area contributed by atoms with E-state index in [1.165, 1.54) is 32.1 Å². The monoisotopic (exact) mass is 268 g/mol. The minimum atomic E-state index is -0.406. The average molecular weight is 268 g/mol. The molecule has 0 amide bonds. The summed E-state index contributed by atoms with van der Waals surface area (Å²) in [7, 11) is 1.60. The molecule has 0 aliphatic carbocycles. The second-order valence-corrected chi connectivity index (χ2v) is 5.42. The van der Waals surface area contributed by atoms with Crippen LogP contribution in [0.3, 0.4) is 0 Å². The Morgan fingerprint density at radius 1 is 1.32 bits per heavy atom. The SMILES string of the molecule is CCCCCCC/C=C/[C@@H]1OC[C@H](C)[C@H](OC)C1=O. The van der Waals surface area contributed by atoms with Crippen LogP contribution in [0.5, 0.6) is 0 Å². The molecule has 0 unspecified atom stereocenters. The molecule has 0 aromatic rings. The standard InChI is InChI=1S/C16H28O3/c1-4-5-6-7-8-9-10-11-14-15(17)16(18-3)13(2)12-19-14/h10-11,13-14,16H,4-9,12H2,1-3H3/b11-10+/t13-,14-,16-/m0/s1. The van der Waals surface area contributed by atoms with E-state index in [2.05, 4.69) is 13.0 Å². The van der Waals surface area contributed by atoms with Gasteiger partial charge in [0.1, 0.15) is 12.2 Å². The summed E-state index contributed by atoms with van der Waals surface area (Å²) < 4.78 is 10.8. The lowest BCUT2D eigenvalue weighted by Gasteiger charge is -2.30. The van der Waals surface area contributed by atoms with Gasteiger partial charge in [-0.2, -0.15) is 0 Å². The van der Waals surface area contributed by atoms with Crippen molar-refractivity contribution in [3.05, 3.63) is 12.2 Å². The van der Waals surface area contributed by atoms with Crippen LogP contribution in [0.15, 0.2) is 12.2 Å². The summed E-state index contributed by atoms with van der Waals surface area (Å²) in [5, 5.41) is 0. The van der Waals surface area contributed by atoms with Gasteiger partial charge >= 0.3 is 0 Å². The van der Waals surface area contributed by atoms with E-state index >= 15 is 0 Å². The van der Waals surface area contributed by atoms with Crippen molar-refractivity contribution in [1.29, 1.82) is 0 Å². The van der Waals surface area contributed by atoms with Gasteiger partial charge in [0.15, 0.2) is 5.78 Å². The van der Waals surface area contributed by atoms with Crippen molar-refractivity contribution in [3.8, 4) is 0 Å². The van der Waals surface area contributed by atoms with E-state index in [9.17, 15) is 4.79 Å². The number of carbonyl (C=O) groups is 1. The van der Waals surface area contributed by atoms with Gasteiger partial charge < -0.3 is 9.47 Å². The fourth-order valence-electron chi connectivity index (χ4n) is 2.45. The molecule has 0 spiro atoms. The fourth-order valence-corrected chi connectivity index (χ4v) is 2.45. The molecule has 110 valence electrons. The van der Waals surface area contributed by atoms with E-state index in [-0.39, 0.29) is 17.8 Å². The first-order valence-corrected chi connectivity index (χ1v) is 7.55. The lowest BCUT2D eigenvalue weighted by atomic mass is 9.94.